The predicted octanol–water partition coefficient (Wildman–Crippen LogP) is 2.60. The number of benzene rings is 1. The normalized spacial score (nSPS) is 10.7. The van der Waals surface area contributed by atoms with Crippen LogP contribution in [0.2, 0.25) is 0 Å². The molecular formula is C13H11F3N2O3. The smallest absolute Gasteiger partial charge is 0.339 e. The van der Waals surface area contributed by atoms with Gasteiger partial charge in [-0.1, -0.05) is 0 Å². The third-order valence-electron chi connectivity index (χ3n) is 2.83. The molecule has 1 aromatic carbocycles. The van der Waals surface area contributed by atoms with Gasteiger partial charge in [0.1, 0.15) is 5.56 Å². The lowest BCUT2D eigenvalue weighted by Gasteiger charge is -2.12. The first kappa shape index (κ1) is 14.9. The lowest BCUT2D eigenvalue weighted by atomic mass is 10.1. The van der Waals surface area contributed by atoms with Gasteiger partial charge in [-0.25, -0.2) is 13.6 Å². The summed E-state index contributed by atoms with van der Waals surface area (Å²) in [7, 11) is 1.36. The Bertz CT molecular complexity index is 713. The number of carbonyl (C=O) groups is 1. The second-order valence-electron chi connectivity index (χ2n) is 4.13. The Morgan fingerprint density at radius 3 is 2.62 bits per heavy atom. The third-order valence-corrected chi connectivity index (χ3v) is 2.83. The molecule has 0 fully saturated rings. The molecule has 112 valence electrons. The highest BCUT2D eigenvalue weighted by atomic mass is 19.2. The molecule has 0 aliphatic heterocycles. The first-order chi connectivity index (χ1) is 9.88. The highest BCUT2D eigenvalue weighted by Crippen LogP contribution is 2.34. The number of halogens is 3. The molecule has 1 heterocycles. The van der Waals surface area contributed by atoms with E-state index in [1.165, 1.54) is 14.0 Å². The van der Waals surface area contributed by atoms with Gasteiger partial charge in [-0.3, -0.25) is 4.68 Å². The summed E-state index contributed by atoms with van der Waals surface area (Å²) < 4.78 is 47.3. The Balaban J connectivity index is 2.76. The van der Waals surface area contributed by atoms with Gasteiger partial charge in [0, 0.05) is 12.6 Å². The van der Waals surface area contributed by atoms with Crippen molar-refractivity contribution in [2.24, 2.45) is 7.05 Å². The van der Waals surface area contributed by atoms with E-state index in [2.05, 4.69) is 5.10 Å². The van der Waals surface area contributed by atoms with Crippen LogP contribution < -0.4 is 4.74 Å². The van der Waals surface area contributed by atoms with Gasteiger partial charge in [0.15, 0.2) is 17.4 Å². The first-order valence-electron chi connectivity index (χ1n) is 5.94. The van der Waals surface area contributed by atoms with Gasteiger partial charge >= 0.3 is 5.97 Å². The summed E-state index contributed by atoms with van der Waals surface area (Å²) in [6.07, 6.45) is 0.999. The van der Waals surface area contributed by atoms with E-state index in [9.17, 15) is 18.0 Å². The van der Waals surface area contributed by atoms with Crippen molar-refractivity contribution in [3.05, 3.63) is 35.3 Å². The van der Waals surface area contributed by atoms with Crippen LogP contribution in [0.3, 0.4) is 0 Å². The highest BCUT2D eigenvalue weighted by Gasteiger charge is 2.26. The van der Waals surface area contributed by atoms with Crippen molar-refractivity contribution >= 4 is 5.97 Å². The van der Waals surface area contributed by atoms with Crippen LogP contribution in [0.25, 0.3) is 11.3 Å². The van der Waals surface area contributed by atoms with Gasteiger partial charge in [-0.2, -0.15) is 9.49 Å². The minimum absolute atomic E-state index is 0.0755. The minimum atomic E-state index is -1.46. The van der Waals surface area contributed by atoms with Crippen molar-refractivity contribution in [3.8, 4) is 17.0 Å². The molecule has 2 rings (SSSR count). The van der Waals surface area contributed by atoms with Crippen LogP contribution in [0.15, 0.2) is 12.3 Å². The second kappa shape index (κ2) is 5.47. The molecule has 0 saturated carbocycles. The van der Waals surface area contributed by atoms with E-state index in [-0.39, 0.29) is 17.9 Å². The molecule has 0 spiro atoms. The van der Waals surface area contributed by atoms with Crippen molar-refractivity contribution in [2.75, 3.05) is 6.61 Å². The maximum absolute atomic E-state index is 14.3. The fourth-order valence-electron chi connectivity index (χ4n) is 1.94. The second-order valence-corrected chi connectivity index (χ2v) is 4.13. The number of aryl methyl sites for hydroxylation is 1. The number of hydrogen-bond donors (Lipinski definition) is 1. The van der Waals surface area contributed by atoms with Crippen molar-refractivity contribution in [1.29, 1.82) is 0 Å². The lowest BCUT2D eigenvalue weighted by Crippen LogP contribution is -2.06. The average Bonchev–Trinajstić information content (AvgIpc) is 2.81. The molecule has 0 unspecified atom stereocenters. The van der Waals surface area contributed by atoms with E-state index >= 15 is 0 Å². The summed E-state index contributed by atoms with van der Waals surface area (Å²) in [6.45, 7) is 1.41. The van der Waals surface area contributed by atoms with Crippen molar-refractivity contribution in [1.82, 2.24) is 9.78 Å². The SMILES string of the molecule is CCOc1c(F)c(F)cc(-c2c(C(=O)O)cnn2C)c1F. The van der Waals surface area contributed by atoms with E-state index in [1.54, 1.807) is 0 Å². The Morgan fingerprint density at radius 1 is 1.38 bits per heavy atom. The molecule has 2 aromatic rings. The number of aromatic nitrogens is 2. The van der Waals surface area contributed by atoms with Crippen LogP contribution in [-0.2, 0) is 7.05 Å². The summed E-state index contributed by atoms with van der Waals surface area (Å²) in [4.78, 5) is 11.1. The minimum Gasteiger partial charge on any atom is -0.488 e. The maximum atomic E-state index is 14.3. The Hall–Kier alpha value is -2.51. The number of rotatable bonds is 4. The monoisotopic (exact) mass is 300 g/mol. The molecule has 1 N–H and O–H groups in total. The first-order valence-corrected chi connectivity index (χ1v) is 5.94. The maximum Gasteiger partial charge on any atom is 0.339 e. The summed E-state index contributed by atoms with van der Waals surface area (Å²) >= 11 is 0. The van der Waals surface area contributed by atoms with Gasteiger partial charge in [-0.05, 0) is 13.0 Å². The van der Waals surface area contributed by atoms with E-state index in [1.807, 2.05) is 0 Å². The van der Waals surface area contributed by atoms with Crippen LogP contribution in [0.4, 0.5) is 13.2 Å². The highest BCUT2D eigenvalue weighted by molar-refractivity contribution is 5.95. The third kappa shape index (κ3) is 2.44. The van der Waals surface area contributed by atoms with Crippen LogP contribution in [0.5, 0.6) is 5.75 Å². The fourth-order valence-corrected chi connectivity index (χ4v) is 1.94. The predicted molar refractivity (Wildman–Crippen MR) is 66.6 cm³/mol. The molecule has 0 amide bonds. The zero-order valence-electron chi connectivity index (χ0n) is 11.2. The number of carboxylic acids is 1. The van der Waals surface area contributed by atoms with Crippen molar-refractivity contribution in [2.45, 2.75) is 6.92 Å². The van der Waals surface area contributed by atoms with Crippen molar-refractivity contribution in [3.63, 3.8) is 0 Å². The summed E-state index contributed by atoms with van der Waals surface area (Å²) in [5.41, 5.74) is -0.945. The largest absolute Gasteiger partial charge is 0.488 e. The van der Waals surface area contributed by atoms with Gasteiger partial charge in [0.2, 0.25) is 5.82 Å². The molecule has 0 radical (unpaired) electrons. The fraction of sp³-hybridized carbons (Fsp3) is 0.231. The van der Waals surface area contributed by atoms with E-state index in [0.29, 0.717) is 6.07 Å². The summed E-state index contributed by atoms with van der Waals surface area (Å²) in [5, 5.41) is 12.7. The number of aromatic carboxylic acids is 1. The molecule has 1 aromatic heterocycles. The van der Waals surface area contributed by atoms with Crippen LogP contribution in [-0.4, -0.2) is 27.5 Å². The average molecular weight is 300 g/mol. The zero-order chi connectivity index (χ0) is 15.7. The van der Waals surface area contributed by atoms with E-state index < -0.39 is 34.7 Å². The van der Waals surface area contributed by atoms with Crippen LogP contribution in [0, 0.1) is 17.5 Å². The van der Waals surface area contributed by atoms with Gasteiger partial charge in [-0.15, -0.1) is 0 Å². The number of carboxylic acid groups (broad SMARTS) is 1. The summed E-state index contributed by atoms with van der Waals surface area (Å²) in [5.74, 6) is -6.23. The Morgan fingerprint density at radius 2 is 2.05 bits per heavy atom. The quantitative estimate of drug-likeness (QED) is 0.882. The van der Waals surface area contributed by atoms with Crippen LogP contribution >= 0.6 is 0 Å². The van der Waals surface area contributed by atoms with Crippen LogP contribution in [0.1, 0.15) is 17.3 Å². The van der Waals surface area contributed by atoms with E-state index in [0.717, 1.165) is 10.9 Å². The molecule has 21 heavy (non-hydrogen) atoms. The molecule has 0 atom stereocenters. The lowest BCUT2D eigenvalue weighted by molar-refractivity contribution is 0.0697. The molecule has 5 nitrogen and oxygen atoms in total. The molecule has 0 aliphatic carbocycles. The Kier molecular flexibility index (Phi) is 3.88. The van der Waals surface area contributed by atoms with Gasteiger partial charge < -0.3 is 9.84 Å². The molecule has 0 aliphatic rings. The zero-order valence-corrected chi connectivity index (χ0v) is 11.2. The van der Waals surface area contributed by atoms with Gasteiger partial charge in [0.05, 0.1) is 18.5 Å². The Labute approximate surface area is 117 Å². The number of hydrogen-bond acceptors (Lipinski definition) is 3. The van der Waals surface area contributed by atoms with E-state index in [4.69, 9.17) is 9.84 Å². The number of nitrogens with zero attached hydrogens (tertiary/aromatic N) is 2. The van der Waals surface area contributed by atoms with Gasteiger partial charge in [0.25, 0.3) is 0 Å². The van der Waals surface area contributed by atoms with Crippen molar-refractivity contribution < 1.29 is 27.8 Å². The number of ether oxygens (including phenoxy) is 1. The molecule has 0 bridgehead atoms. The summed E-state index contributed by atoms with van der Waals surface area (Å²) in [6, 6.07) is 0.580. The molecule has 0 saturated heterocycles. The topological polar surface area (TPSA) is 64.3 Å². The molecule has 8 heteroatoms. The molecular weight excluding hydrogens is 289 g/mol. The standard InChI is InChI=1S/C13H11F3N2O3/c1-3-21-12-9(15)6(4-8(14)10(12)16)11-7(13(19)20)5-17-18(11)2/h4-5H,3H2,1-2H3,(H,19,20).